The molecule has 0 saturated heterocycles. The fourth-order valence-electron chi connectivity index (χ4n) is 2.46. The second-order valence-electron chi connectivity index (χ2n) is 6.64. The fourth-order valence-corrected chi connectivity index (χ4v) is 2.46. The zero-order valence-corrected chi connectivity index (χ0v) is 16.0. The maximum atomic E-state index is 12.4. The summed E-state index contributed by atoms with van der Waals surface area (Å²) < 4.78 is 15.4. The van der Waals surface area contributed by atoms with E-state index in [2.05, 4.69) is 4.98 Å². The molecule has 0 aliphatic heterocycles. The minimum absolute atomic E-state index is 0.191. The van der Waals surface area contributed by atoms with E-state index in [1.54, 1.807) is 24.3 Å². The number of rotatable bonds is 4. The minimum Gasteiger partial charge on any atom is -0.480 e. The first kappa shape index (κ1) is 19.5. The summed E-state index contributed by atoms with van der Waals surface area (Å²) >= 11 is 0. The molecule has 2 aromatic rings. The monoisotopic (exact) mass is 360 g/mol. The van der Waals surface area contributed by atoms with Gasteiger partial charge in [0.25, 0.3) is 0 Å². The highest BCUT2D eigenvalue weighted by atomic mass is 16.6. The number of carbonyl (C=O) groups is 2. The van der Waals surface area contributed by atoms with Gasteiger partial charge in [0.2, 0.25) is 5.88 Å². The van der Waals surface area contributed by atoms with Crippen LogP contribution in [0.1, 0.15) is 38.1 Å². The van der Waals surface area contributed by atoms with Crippen molar-refractivity contribution in [2.45, 2.75) is 33.3 Å². The van der Waals surface area contributed by atoms with E-state index in [1.165, 1.54) is 19.1 Å². The van der Waals surface area contributed by atoms with Gasteiger partial charge in [-0.3, -0.25) is 4.90 Å². The molecule has 140 valence electrons. The standard InChI is InChI=1S/C19H24N2O5/c1-7-21(18(23)26-19(2,3)4)13-8-9-15-12(10-13)11-14(17(22)25-6)16(20-15)24-5/h8-11H,7H2,1-6H3. The zero-order chi connectivity index (χ0) is 19.5. The number of hydrogen-bond acceptors (Lipinski definition) is 6. The summed E-state index contributed by atoms with van der Waals surface area (Å²) in [6.07, 6.45) is -0.436. The Morgan fingerprint density at radius 1 is 1.15 bits per heavy atom. The van der Waals surface area contributed by atoms with Crippen LogP contribution in [-0.2, 0) is 9.47 Å². The molecule has 0 aliphatic rings. The Morgan fingerprint density at radius 3 is 2.38 bits per heavy atom. The molecule has 1 aromatic carbocycles. The highest BCUT2D eigenvalue weighted by molar-refractivity contribution is 5.98. The van der Waals surface area contributed by atoms with E-state index in [0.717, 1.165) is 0 Å². The van der Waals surface area contributed by atoms with Crippen molar-refractivity contribution in [2.24, 2.45) is 0 Å². The number of fused-ring (bicyclic) bond motifs is 1. The number of carbonyl (C=O) groups excluding carboxylic acids is 2. The van der Waals surface area contributed by atoms with Gasteiger partial charge in [0.05, 0.1) is 19.7 Å². The molecule has 26 heavy (non-hydrogen) atoms. The first-order valence-electron chi connectivity index (χ1n) is 8.27. The van der Waals surface area contributed by atoms with E-state index >= 15 is 0 Å². The Labute approximate surface area is 152 Å². The molecule has 2 rings (SSSR count). The summed E-state index contributed by atoms with van der Waals surface area (Å²) in [6, 6.07) is 6.96. The fraction of sp³-hybridized carbons (Fsp3) is 0.421. The molecule has 1 amide bonds. The number of esters is 1. The van der Waals surface area contributed by atoms with Crippen LogP contribution in [0.5, 0.6) is 5.88 Å². The number of ether oxygens (including phenoxy) is 3. The Hall–Kier alpha value is -2.83. The highest BCUT2D eigenvalue weighted by Crippen LogP contribution is 2.27. The van der Waals surface area contributed by atoms with Gasteiger partial charge in [-0.15, -0.1) is 0 Å². The van der Waals surface area contributed by atoms with Gasteiger partial charge in [0, 0.05) is 17.6 Å². The number of amides is 1. The number of anilines is 1. The lowest BCUT2D eigenvalue weighted by atomic mass is 10.1. The lowest BCUT2D eigenvalue weighted by Gasteiger charge is -2.26. The first-order chi connectivity index (χ1) is 12.2. The smallest absolute Gasteiger partial charge is 0.414 e. The van der Waals surface area contributed by atoms with Gasteiger partial charge in [-0.2, -0.15) is 0 Å². The summed E-state index contributed by atoms with van der Waals surface area (Å²) in [5.41, 5.74) is 0.921. The van der Waals surface area contributed by atoms with Crippen molar-refractivity contribution in [3.8, 4) is 5.88 Å². The van der Waals surface area contributed by atoms with Gasteiger partial charge in [-0.05, 0) is 52.0 Å². The molecule has 0 bridgehead atoms. The SMILES string of the molecule is CCN(C(=O)OC(C)(C)C)c1ccc2nc(OC)c(C(=O)OC)cc2c1. The largest absolute Gasteiger partial charge is 0.480 e. The van der Waals surface area contributed by atoms with E-state index in [9.17, 15) is 9.59 Å². The summed E-state index contributed by atoms with van der Waals surface area (Å²) in [5.74, 6) is -0.349. The van der Waals surface area contributed by atoms with E-state index < -0.39 is 17.7 Å². The molecule has 1 heterocycles. The van der Waals surface area contributed by atoms with E-state index in [-0.39, 0.29) is 11.4 Å². The normalized spacial score (nSPS) is 11.2. The van der Waals surface area contributed by atoms with Crippen LogP contribution in [0, 0.1) is 0 Å². The van der Waals surface area contributed by atoms with Gasteiger partial charge in [-0.25, -0.2) is 14.6 Å². The van der Waals surface area contributed by atoms with Crippen LogP contribution < -0.4 is 9.64 Å². The molecule has 0 N–H and O–H groups in total. The van der Waals surface area contributed by atoms with Crippen molar-refractivity contribution < 1.29 is 23.8 Å². The van der Waals surface area contributed by atoms with Crippen molar-refractivity contribution >= 4 is 28.7 Å². The topological polar surface area (TPSA) is 78.0 Å². The van der Waals surface area contributed by atoms with Gasteiger partial charge in [-0.1, -0.05) is 0 Å². The van der Waals surface area contributed by atoms with Crippen molar-refractivity contribution in [1.29, 1.82) is 0 Å². The van der Waals surface area contributed by atoms with Crippen LogP contribution in [0.2, 0.25) is 0 Å². The van der Waals surface area contributed by atoms with Crippen molar-refractivity contribution in [1.82, 2.24) is 4.98 Å². The number of hydrogen-bond donors (Lipinski definition) is 0. The molecule has 0 atom stereocenters. The molecular weight excluding hydrogens is 336 g/mol. The van der Waals surface area contributed by atoms with E-state index in [0.29, 0.717) is 23.1 Å². The number of methoxy groups -OCH3 is 2. The van der Waals surface area contributed by atoms with Crippen molar-refractivity contribution in [3.63, 3.8) is 0 Å². The maximum Gasteiger partial charge on any atom is 0.414 e. The third-order valence-corrected chi connectivity index (χ3v) is 3.60. The number of benzene rings is 1. The quantitative estimate of drug-likeness (QED) is 0.772. The molecule has 0 spiro atoms. The maximum absolute atomic E-state index is 12.4. The van der Waals surface area contributed by atoms with Crippen LogP contribution in [0.3, 0.4) is 0 Å². The zero-order valence-electron chi connectivity index (χ0n) is 16.0. The average molecular weight is 360 g/mol. The molecular formula is C19H24N2O5. The number of pyridine rings is 1. The molecule has 7 nitrogen and oxygen atoms in total. The van der Waals surface area contributed by atoms with Gasteiger partial charge < -0.3 is 14.2 Å². The van der Waals surface area contributed by atoms with Crippen molar-refractivity contribution in [2.75, 3.05) is 25.7 Å². The van der Waals surface area contributed by atoms with Crippen LogP contribution in [-0.4, -0.2) is 43.4 Å². The molecule has 0 fully saturated rings. The molecule has 0 aliphatic carbocycles. The third kappa shape index (κ3) is 4.22. The molecule has 7 heteroatoms. The third-order valence-electron chi connectivity index (χ3n) is 3.60. The first-order valence-corrected chi connectivity index (χ1v) is 8.27. The van der Waals surface area contributed by atoms with Gasteiger partial charge in [0.1, 0.15) is 11.2 Å². The summed E-state index contributed by atoms with van der Waals surface area (Å²) in [6.45, 7) is 7.75. The van der Waals surface area contributed by atoms with Gasteiger partial charge >= 0.3 is 12.1 Å². The van der Waals surface area contributed by atoms with Crippen LogP contribution >= 0.6 is 0 Å². The molecule has 1 aromatic heterocycles. The highest BCUT2D eigenvalue weighted by Gasteiger charge is 2.23. The average Bonchev–Trinajstić information content (AvgIpc) is 2.58. The molecule has 0 unspecified atom stereocenters. The van der Waals surface area contributed by atoms with Crippen LogP contribution in [0.25, 0.3) is 10.9 Å². The molecule has 0 radical (unpaired) electrons. The Morgan fingerprint density at radius 2 is 1.85 bits per heavy atom. The molecule has 0 saturated carbocycles. The predicted molar refractivity (Wildman–Crippen MR) is 98.9 cm³/mol. The Balaban J connectivity index is 2.49. The Bertz CT molecular complexity index is 827. The van der Waals surface area contributed by atoms with Crippen LogP contribution in [0.15, 0.2) is 24.3 Å². The predicted octanol–water partition coefficient (Wildman–Crippen LogP) is 3.79. The summed E-state index contributed by atoms with van der Waals surface area (Å²) in [4.78, 5) is 30.2. The lowest BCUT2D eigenvalue weighted by molar-refractivity contribution is 0.0577. The second-order valence-corrected chi connectivity index (χ2v) is 6.64. The summed E-state index contributed by atoms with van der Waals surface area (Å²) in [7, 11) is 2.74. The van der Waals surface area contributed by atoms with Gasteiger partial charge in [0.15, 0.2) is 0 Å². The number of nitrogens with zero attached hydrogens (tertiary/aromatic N) is 2. The minimum atomic E-state index is -0.589. The van der Waals surface area contributed by atoms with Crippen LogP contribution in [0.4, 0.5) is 10.5 Å². The van der Waals surface area contributed by atoms with E-state index in [4.69, 9.17) is 14.2 Å². The lowest BCUT2D eigenvalue weighted by Crippen LogP contribution is -2.36. The second kappa shape index (κ2) is 7.59. The number of aromatic nitrogens is 1. The Kier molecular flexibility index (Phi) is 5.69. The van der Waals surface area contributed by atoms with E-state index in [1.807, 2.05) is 27.7 Å². The summed E-state index contributed by atoms with van der Waals surface area (Å²) in [5, 5.41) is 0.686. The van der Waals surface area contributed by atoms with Crippen molar-refractivity contribution in [3.05, 3.63) is 29.8 Å².